The number of pyridine rings is 2. The van der Waals surface area contributed by atoms with Crippen LogP contribution in [0.2, 0.25) is 0 Å². The van der Waals surface area contributed by atoms with Gasteiger partial charge in [-0.15, -0.1) is 0 Å². The summed E-state index contributed by atoms with van der Waals surface area (Å²) < 4.78 is 60.3. The first-order valence-electron chi connectivity index (χ1n) is 19.3. The third kappa shape index (κ3) is 5.48. The van der Waals surface area contributed by atoms with Crippen LogP contribution in [-0.4, -0.2) is 72.9 Å². The van der Waals surface area contributed by atoms with Crippen LogP contribution >= 0.6 is 0 Å². The largest absolute Gasteiger partial charge is 0.341 e. The molecule has 9 rings (SSSR count). The van der Waals surface area contributed by atoms with E-state index in [1.807, 2.05) is 43.2 Å². The fourth-order valence-electron chi connectivity index (χ4n) is 9.41. The molecule has 290 valence electrons. The second kappa shape index (κ2) is 12.2. The Hall–Kier alpha value is -4.59. The maximum atomic E-state index is 15.7. The van der Waals surface area contributed by atoms with Crippen molar-refractivity contribution in [1.82, 2.24) is 29.7 Å². The lowest BCUT2D eigenvalue weighted by Crippen LogP contribution is -2.62. The minimum absolute atomic E-state index is 0.0139. The molecule has 2 amide bonds. The van der Waals surface area contributed by atoms with E-state index < -0.39 is 34.9 Å². The van der Waals surface area contributed by atoms with Crippen molar-refractivity contribution in [3.8, 4) is 11.3 Å². The van der Waals surface area contributed by atoms with E-state index in [-0.39, 0.29) is 59.0 Å². The zero-order chi connectivity index (χ0) is 38.9. The van der Waals surface area contributed by atoms with Gasteiger partial charge in [0.25, 0.3) is 12.3 Å². The fraction of sp³-hybridized carbons (Fsp3) is 0.537. The van der Waals surface area contributed by atoms with Gasteiger partial charge in [0, 0.05) is 53.6 Å². The van der Waals surface area contributed by atoms with Gasteiger partial charge in [-0.3, -0.25) is 19.5 Å². The Balaban J connectivity index is 1.08. The molecule has 3 aliphatic carbocycles. The number of anilines is 3. The number of amides is 2. The molecule has 14 heteroatoms. The lowest BCUT2D eigenvalue weighted by Gasteiger charge is -2.54. The number of carbonyl (C=O) groups is 2. The number of carbonyl (C=O) groups excluding carboxylic acids is 2. The summed E-state index contributed by atoms with van der Waals surface area (Å²) >= 11 is 0. The first-order chi connectivity index (χ1) is 26.0. The number of halogens is 4. The molecule has 2 unspecified atom stereocenters. The summed E-state index contributed by atoms with van der Waals surface area (Å²) in [5.74, 6) is -1.67. The molecular formula is C41H46F4N8O2. The zero-order valence-electron chi connectivity index (χ0n) is 31.9. The van der Waals surface area contributed by atoms with E-state index in [1.54, 1.807) is 18.6 Å². The van der Waals surface area contributed by atoms with E-state index in [0.29, 0.717) is 28.0 Å². The van der Waals surface area contributed by atoms with Crippen molar-refractivity contribution < 1.29 is 27.2 Å². The summed E-state index contributed by atoms with van der Waals surface area (Å²) in [7, 11) is 0. The highest BCUT2D eigenvalue weighted by Gasteiger charge is 2.57. The summed E-state index contributed by atoms with van der Waals surface area (Å²) in [5.41, 5.74) is 0.113. The molecule has 55 heavy (non-hydrogen) atoms. The van der Waals surface area contributed by atoms with Gasteiger partial charge in [0.15, 0.2) is 17.5 Å². The Morgan fingerprint density at radius 3 is 2.29 bits per heavy atom. The first-order valence-corrected chi connectivity index (χ1v) is 19.3. The SMILES string of the molecule is Cc1c(C(=O)NC2(C(F)F)CC2)cc(Nc2nc(-c3cnc4c(c3)N(C3CC(C)(N5CC6CCC6C5)C3)C(=O)C4(C)C)cc3ncn(C(C)C)c23)c(F)c1F. The molecule has 0 spiro atoms. The lowest BCUT2D eigenvalue weighted by atomic mass is 9.72. The highest BCUT2D eigenvalue weighted by Crippen LogP contribution is 2.52. The average molecular weight is 759 g/mol. The number of hydrogen-bond acceptors (Lipinski definition) is 7. The van der Waals surface area contributed by atoms with Crippen LogP contribution in [0.3, 0.4) is 0 Å². The summed E-state index contributed by atoms with van der Waals surface area (Å²) in [6.45, 7) is 13.5. The van der Waals surface area contributed by atoms with Crippen LogP contribution in [0, 0.1) is 30.4 Å². The molecule has 5 aliphatic rings. The number of benzene rings is 1. The van der Waals surface area contributed by atoms with Crippen LogP contribution in [0.25, 0.3) is 22.3 Å². The van der Waals surface area contributed by atoms with Gasteiger partial charge in [-0.05, 0) is 110 Å². The van der Waals surface area contributed by atoms with Crippen LogP contribution in [0.15, 0.2) is 30.7 Å². The number of imidazole rings is 1. The highest BCUT2D eigenvalue weighted by molar-refractivity contribution is 6.08. The van der Waals surface area contributed by atoms with E-state index in [2.05, 4.69) is 27.4 Å². The molecule has 3 aromatic heterocycles. The van der Waals surface area contributed by atoms with Gasteiger partial charge in [0.05, 0.1) is 40.0 Å². The number of nitrogens with zero attached hydrogens (tertiary/aromatic N) is 6. The fourth-order valence-corrected chi connectivity index (χ4v) is 9.41. The van der Waals surface area contributed by atoms with E-state index in [0.717, 1.165) is 49.5 Å². The summed E-state index contributed by atoms with van der Waals surface area (Å²) in [5, 5.41) is 5.27. The van der Waals surface area contributed by atoms with Crippen LogP contribution in [0.5, 0.6) is 0 Å². The molecule has 1 saturated heterocycles. The molecule has 4 aromatic rings. The molecule has 3 saturated carbocycles. The number of nitrogens with one attached hydrogen (secondary N) is 2. The van der Waals surface area contributed by atoms with Gasteiger partial charge in [0.2, 0.25) is 5.91 Å². The van der Waals surface area contributed by atoms with E-state index in [4.69, 9.17) is 9.97 Å². The predicted octanol–water partition coefficient (Wildman–Crippen LogP) is 7.82. The average Bonchev–Trinajstić information content (AvgIpc) is 3.60. The number of hydrogen-bond donors (Lipinski definition) is 2. The Labute approximate surface area is 317 Å². The van der Waals surface area contributed by atoms with E-state index in [9.17, 15) is 18.4 Å². The van der Waals surface area contributed by atoms with E-state index >= 15 is 8.78 Å². The van der Waals surface area contributed by atoms with E-state index in [1.165, 1.54) is 19.8 Å². The van der Waals surface area contributed by atoms with Gasteiger partial charge in [0.1, 0.15) is 11.1 Å². The number of aromatic nitrogens is 4. The Bertz CT molecular complexity index is 2270. The van der Waals surface area contributed by atoms with Crippen LogP contribution in [-0.2, 0) is 10.2 Å². The van der Waals surface area contributed by atoms with Crippen LogP contribution in [0.1, 0.15) is 101 Å². The van der Waals surface area contributed by atoms with Crippen molar-refractivity contribution in [2.45, 2.75) is 115 Å². The standard InChI is InChI=1S/C41H46F4N8O2/c1-20(2)52-19-47-29-13-27(48-35(33(29)52)49-28-12-26(21(3)31(42)32(28)43)36(54)50-41(9-10-41)37(44)45)24-11-30-34(46-16-24)39(4,5)38(55)53(30)25-14-40(6,15-25)51-17-22-7-8-23(22)18-51/h11-13,16,19-20,22-23,25,37H,7-10,14-15,17-18H2,1-6H3,(H,48,49)(H,50,54). The molecule has 2 atom stereocenters. The van der Waals surface area contributed by atoms with Gasteiger partial charge in [-0.1, -0.05) is 0 Å². The molecule has 0 radical (unpaired) electrons. The normalized spacial score (nSPS) is 26.3. The van der Waals surface area contributed by atoms with Crippen molar-refractivity contribution in [3.63, 3.8) is 0 Å². The van der Waals surface area contributed by atoms with Crippen LogP contribution < -0.4 is 15.5 Å². The van der Waals surface area contributed by atoms with Crippen molar-refractivity contribution in [2.24, 2.45) is 11.8 Å². The topological polar surface area (TPSA) is 108 Å². The molecule has 2 aliphatic heterocycles. The first kappa shape index (κ1) is 36.1. The van der Waals surface area contributed by atoms with Crippen molar-refractivity contribution >= 4 is 40.0 Å². The molecular weight excluding hydrogens is 712 g/mol. The van der Waals surface area contributed by atoms with Crippen molar-refractivity contribution in [3.05, 3.63) is 59.2 Å². The lowest BCUT2D eigenvalue weighted by molar-refractivity contribution is -0.123. The monoisotopic (exact) mass is 758 g/mol. The molecule has 5 heterocycles. The second-order valence-corrected chi connectivity index (χ2v) is 17.7. The Kier molecular flexibility index (Phi) is 8.00. The predicted molar refractivity (Wildman–Crippen MR) is 201 cm³/mol. The number of rotatable bonds is 9. The summed E-state index contributed by atoms with van der Waals surface area (Å²) in [6, 6.07) is 4.80. The van der Waals surface area contributed by atoms with Gasteiger partial charge < -0.3 is 20.1 Å². The molecule has 0 bridgehead atoms. The van der Waals surface area contributed by atoms with Gasteiger partial charge in [-0.25, -0.2) is 27.5 Å². The maximum Gasteiger partial charge on any atom is 0.261 e. The Morgan fingerprint density at radius 2 is 1.67 bits per heavy atom. The quantitative estimate of drug-likeness (QED) is 0.168. The molecule has 10 nitrogen and oxygen atoms in total. The Morgan fingerprint density at radius 1 is 0.982 bits per heavy atom. The summed E-state index contributed by atoms with van der Waals surface area (Å²) in [4.78, 5) is 46.3. The number of fused-ring (bicyclic) bond motifs is 3. The van der Waals surface area contributed by atoms with Gasteiger partial charge >= 0.3 is 0 Å². The maximum absolute atomic E-state index is 15.7. The number of alkyl halides is 2. The van der Waals surface area contributed by atoms with Crippen molar-refractivity contribution in [2.75, 3.05) is 23.3 Å². The number of likely N-dealkylation sites (tertiary alicyclic amines) is 1. The van der Waals surface area contributed by atoms with Crippen LogP contribution in [0.4, 0.5) is 34.8 Å². The minimum atomic E-state index is -2.79. The third-order valence-electron chi connectivity index (χ3n) is 13.4. The smallest absolute Gasteiger partial charge is 0.261 e. The third-order valence-corrected chi connectivity index (χ3v) is 13.4. The highest BCUT2D eigenvalue weighted by atomic mass is 19.3. The van der Waals surface area contributed by atoms with Crippen molar-refractivity contribution in [1.29, 1.82) is 0 Å². The minimum Gasteiger partial charge on any atom is -0.341 e. The molecule has 4 fully saturated rings. The van der Waals surface area contributed by atoms with Gasteiger partial charge in [-0.2, -0.15) is 0 Å². The second-order valence-electron chi connectivity index (χ2n) is 17.7. The molecule has 1 aromatic carbocycles. The summed E-state index contributed by atoms with van der Waals surface area (Å²) in [6.07, 6.45) is 5.10. The zero-order valence-corrected chi connectivity index (χ0v) is 31.9. The molecule has 2 N–H and O–H groups in total.